The van der Waals surface area contributed by atoms with Gasteiger partial charge in [0.25, 0.3) is 5.91 Å². The zero-order valence-electron chi connectivity index (χ0n) is 17.7. The molecule has 3 aromatic rings. The molecule has 1 aromatic heterocycles. The third-order valence-electron chi connectivity index (χ3n) is 6.14. The van der Waals surface area contributed by atoms with E-state index in [4.69, 9.17) is 4.74 Å². The number of carbonyl (C=O) groups is 1. The molecule has 0 bridgehead atoms. The van der Waals surface area contributed by atoms with Gasteiger partial charge in [-0.25, -0.2) is 0 Å². The molecular weight excluding hydrogens is 392 g/mol. The van der Waals surface area contributed by atoms with Gasteiger partial charge < -0.3 is 14.5 Å². The lowest BCUT2D eigenvalue weighted by Crippen LogP contribution is -2.48. The van der Waals surface area contributed by atoms with Crippen LogP contribution in [0.2, 0.25) is 0 Å². The summed E-state index contributed by atoms with van der Waals surface area (Å²) in [6.07, 6.45) is 0. The van der Waals surface area contributed by atoms with Crippen molar-refractivity contribution in [3.05, 3.63) is 69.6 Å². The molecule has 0 atom stereocenters. The Labute approximate surface area is 181 Å². The van der Waals surface area contributed by atoms with Crippen LogP contribution < -0.4 is 9.64 Å². The Bertz CT molecular complexity index is 1130. The van der Waals surface area contributed by atoms with Gasteiger partial charge in [-0.3, -0.25) is 4.79 Å². The van der Waals surface area contributed by atoms with Gasteiger partial charge in [0.15, 0.2) is 0 Å². The van der Waals surface area contributed by atoms with Gasteiger partial charge >= 0.3 is 0 Å². The highest BCUT2D eigenvalue weighted by atomic mass is 32.1. The highest BCUT2D eigenvalue weighted by molar-refractivity contribution is 7.17. The van der Waals surface area contributed by atoms with Crippen molar-refractivity contribution in [2.24, 2.45) is 0 Å². The van der Waals surface area contributed by atoms with E-state index in [9.17, 15) is 4.79 Å². The molecule has 0 radical (unpaired) electrons. The van der Waals surface area contributed by atoms with Crippen LogP contribution in [0.5, 0.6) is 5.75 Å². The third kappa shape index (κ3) is 3.27. The molecule has 5 heteroatoms. The van der Waals surface area contributed by atoms with Crippen LogP contribution in [-0.4, -0.2) is 37.0 Å². The van der Waals surface area contributed by atoms with E-state index in [0.29, 0.717) is 6.61 Å². The largest absolute Gasteiger partial charge is 0.488 e. The Morgan fingerprint density at radius 3 is 2.57 bits per heavy atom. The van der Waals surface area contributed by atoms with E-state index in [1.165, 1.54) is 27.3 Å². The summed E-state index contributed by atoms with van der Waals surface area (Å²) in [5, 5.41) is 0. The number of nitrogens with zero attached hydrogens (tertiary/aromatic N) is 2. The lowest BCUT2D eigenvalue weighted by molar-refractivity contribution is 0.0751. The van der Waals surface area contributed by atoms with Gasteiger partial charge in [-0.2, -0.15) is 0 Å². The number of anilines is 1. The molecule has 4 nitrogen and oxygen atoms in total. The average Bonchev–Trinajstić information content (AvgIpc) is 3.19. The summed E-state index contributed by atoms with van der Waals surface area (Å²) in [5.41, 5.74) is 7.31. The predicted molar refractivity (Wildman–Crippen MR) is 123 cm³/mol. The normalized spacial score (nSPS) is 15.4. The number of benzene rings is 2. The molecule has 1 fully saturated rings. The number of aryl methyl sites for hydroxylation is 3. The Balaban J connectivity index is 1.34. The molecule has 3 heterocycles. The number of piperazine rings is 1. The molecule has 30 heavy (non-hydrogen) atoms. The second-order valence-corrected chi connectivity index (χ2v) is 9.32. The molecule has 154 valence electrons. The monoisotopic (exact) mass is 418 g/mol. The quantitative estimate of drug-likeness (QED) is 0.574. The number of rotatable bonds is 2. The molecule has 0 N–H and O–H groups in total. The van der Waals surface area contributed by atoms with Crippen LogP contribution >= 0.6 is 11.3 Å². The first-order valence-electron chi connectivity index (χ1n) is 10.5. The highest BCUT2D eigenvalue weighted by Gasteiger charge is 2.28. The first-order chi connectivity index (χ1) is 14.5. The van der Waals surface area contributed by atoms with E-state index in [-0.39, 0.29) is 5.91 Å². The SMILES string of the molecule is Cc1ccc(C)c(N2CCN(C(=O)c3cc4c(s3)-c3c(C)cccc3OC4)CC2)c1. The van der Waals surface area contributed by atoms with Gasteiger partial charge in [0.1, 0.15) is 12.4 Å². The van der Waals surface area contributed by atoms with E-state index in [0.717, 1.165) is 47.9 Å². The Morgan fingerprint density at radius 2 is 1.77 bits per heavy atom. The fourth-order valence-electron chi connectivity index (χ4n) is 4.43. The van der Waals surface area contributed by atoms with Gasteiger partial charge in [-0.05, 0) is 55.7 Å². The summed E-state index contributed by atoms with van der Waals surface area (Å²) in [4.78, 5) is 19.7. The molecule has 0 unspecified atom stereocenters. The zero-order chi connectivity index (χ0) is 20.8. The van der Waals surface area contributed by atoms with E-state index < -0.39 is 0 Å². The minimum absolute atomic E-state index is 0.144. The van der Waals surface area contributed by atoms with Gasteiger partial charge in [0, 0.05) is 47.9 Å². The summed E-state index contributed by atoms with van der Waals surface area (Å²) in [7, 11) is 0. The number of thiophene rings is 1. The van der Waals surface area contributed by atoms with Crippen molar-refractivity contribution in [3.8, 4) is 16.2 Å². The minimum Gasteiger partial charge on any atom is -0.488 e. The second-order valence-electron chi connectivity index (χ2n) is 8.27. The standard InChI is InChI=1S/C25H26N2O2S/c1-16-7-8-17(2)20(13-16)26-9-11-27(12-10-26)25(28)22-14-19-15-29-21-6-4-5-18(3)23(21)24(19)30-22/h4-8,13-14H,9-12,15H2,1-3H3. The minimum atomic E-state index is 0.144. The van der Waals surface area contributed by atoms with Crippen LogP contribution in [0.1, 0.15) is 31.9 Å². The Kier molecular flexibility index (Phi) is 4.78. The average molecular weight is 419 g/mol. The molecular formula is C25H26N2O2S. The fraction of sp³-hybridized carbons (Fsp3) is 0.320. The van der Waals surface area contributed by atoms with Crippen molar-refractivity contribution in [1.29, 1.82) is 0 Å². The molecule has 1 saturated heterocycles. The molecule has 1 amide bonds. The number of hydrogen-bond acceptors (Lipinski definition) is 4. The molecule has 5 rings (SSSR count). The summed E-state index contributed by atoms with van der Waals surface area (Å²) >= 11 is 1.61. The van der Waals surface area contributed by atoms with Crippen molar-refractivity contribution in [2.75, 3.05) is 31.1 Å². The van der Waals surface area contributed by atoms with Crippen molar-refractivity contribution in [1.82, 2.24) is 4.90 Å². The van der Waals surface area contributed by atoms with Crippen LogP contribution in [0, 0.1) is 20.8 Å². The van der Waals surface area contributed by atoms with Gasteiger partial charge in [0.2, 0.25) is 0 Å². The summed E-state index contributed by atoms with van der Waals surface area (Å²) in [5.74, 6) is 1.07. The van der Waals surface area contributed by atoms with Crippen LogP contribution in [-0.2, 0) is 6.61 Å². The Morgan fingerprint density at radius 1 is 0.967 bits per heavy atom. The van der Waals surface area contributed by atoms with Gasteiger partial charge in [-0.15, -0.1) is 11.3 Å². The Hall–Kier alpha value is -2.79. The first-order valence-corrected chi connectivity index (χ1v) is 11.3. The summed E-state index contributed by atoms with van der Waals surface area (Å²) in [6.45, 7) is 10.2. The number of amides is 1. The van der Waals surface area contributed by atoms with Crippen LogP contribution in [0.3, 0.4) is 0 Å². The maximum absolute atomic E-state index is 13.3. The van der Waals surface area contributed by atoms with E-state index in [1.54, 1.807) is 11.3 Å². The number of ether oxygens (including phenoxy) is 1. The van der Waals surface area contributed by atoms with Crippen molar-refractivity contribution in [3.63, 3.8) is 0 Å². The zero-order valence-corrected chi connectivity index (χ0v) is 18.5. The second kappa shape index (κ2) is 7.47. The highest BCUT2D eigenvalue weighted by Crippen LogP contribution is 2.44. The van der Waals surface area contributed by atoms with Crippen LogP contribution in [0.25, 0.3) is 10.4 Å². The van der Waals surface area contributed by atoms with Crippen molar-refractivity contribution >= 4 is 22.9 Å². The smallest absolute Gasteiger partial charge is 0.264 e. The molecule has 0 aliphatic carbocycles. The van der Waals surface area contributed by atoms with Crippen molar-refractivity contribution in [2.45, 2.75) is 27.4 Å². The van der Waals surface area contributed by atoms with Crippen LogP contribution in [0.4, 0.5) is 5.69 Å². The summed E-state index contributed by atoms with van der Waals surface area (Å²) in [6, 6.07) is 14.8. The van der Waals surface area contributed by atoms with Gasteiger partial charge in [0.05, 0.1) is 4.88 Å². The number of hydrogen-bond donors (Lipinski definition) is 0. The number of carbonyl (C=O) groups excluding carboxylic acids is 1. The molecule has 0 saturated carbocycles. The fourth-order valence-corrected chi connectivity index (χ4v) is 5.68. The predicted octanol–water partition coefficient (Wildman–Crippen LogP) is 5.20. The van der Waals surface area contributed by atoms with Crippen LogP contribution in [0.15, 0.2) is 42.5 Å². The van der Waals surface area contributed by atoms with E-state index in [1.807, 2.05) is 23.1 Å². The summed E-state index contributed by atoms with van der Waals surface area (Å²) < 4.78 is 5.93. The van der Waals surface area contributed by atoms with E-state index >= 15 is 0 Å². The number of fused-ring (bicyclic) bond motifs is 3. The van der Waals surface area contributed by atoms with E-state index in [2.05, 4.69) is 49.9 Å². The third-order valence-corrected chi connectivity index (χ3v) is 7.32. The maximum atomic E-state index is 13.3. The molecule has 0 spiro atoms. The first kappa shape index (κ1) is 19.2. The van der Waals surface area contributed by atoms with Crippen molar-refractivity contribution < 1.29 is 9.53 Å². The molecule has 2 aliphatic heterocycles. The lowest BCUT2D eigenvalue weighted by Gasteiger charge is -2.36. The topological polar surface area (TPSA) is 32.8 Å². The van der Waals surface area contributed by atoms with Gasteiger partial charge in [-0.1, -0.05) is 24.3 Å². The molecule has 2 aromatic carbocycles. The lowest BCUT2D eigenvalue weighted by atomic mass is 10.0. The molecule has 2 aliphatic rings. The maximum Gasteiger partial charge on any atom is 0.264 e.